The average molecular weight is 395 g/mol. The van der Waals surface area contributed by atoms with Crippen molar-refractivity contribution >= 4 is 15.5 Å². The highest BCUT2D eigenvalue weighted by molar-refractivity contribution is 7.91. The quantitative estimate of drug-likeness (QED) is 0.673. The molecule has 3 aromatic heterocycles. The van der Waals surface area contributed by atoms with Crippen molar-refractivity contribution in [3.05, 3.63) is 41.9 Å². The molecular weight excluding hydrogens is 383 g/mol. The minimum absolute atomic E-state index is 0.01000. The smallest absolute Gasteiger partial charge is 0.253 e. The summed E-state index contributed by atoms with van der Waals surface area (Å²) >= 11 is 0. The number of hydrogen-bond acceptors (Lipinski definition) is 6. The number of alkyl halides is 3. The fourth-order valence-corrected chi connectivity index (χ4v) is 3.50. The standard InChI is InChI=1S/C16H12F3N5O2S/c1-2-27(25,26)12-7-10(3-5-20)9-21-15(12)11-4-6-24-14(22-11)8-13(23-24)16(17,18)19/h4,6-9H,2-3H2,1H3. The molecule has 0 fully saturated rings. The maximum atomic E-state index is 12.8. The van der Waals surface area contributed by atoms with Gasteiger partial charge in [0.2, 0.25) is 0 Å². The fourth-order valence-electron chi connectivity index (χ4n) is 2.41. The normalized spacial score (nSPS) is 12.3. The fraction of sp³-hybridized carbons (Fsp3) is 0.250. The van der Waals surface area contributed by atoms with Crippen molar-refractivity contribution in [1.29, 1.82) is 5.26 Å². The van der Waals surface area contributed by atoms with Crippen LogP contribution in [0.1, 0.15) is 18.2 Å². The Kier molecular flexibility index (Phi) is 4.61. The molecule has 0 radical (unpaired) electrons. The van der Waals surface area contributed by atoms with Crippen LogP contribution in [0.3, 0.4) is 0 Å². The molecule has 140 valence electrons. The van der Waals surface area contributed by atoms with E-state index in [-0.39, 0.29) is 34.1 Å². The first-order valence-electron chi connectivity index (χ1n) is 7.68. The van der Waals surface area contributed by atoms with E-state index in [4.69, 9.17) is 5.26 Å². The zero-order chi connectivity index (χ0) is 19.8. The van der Waals surface area contributed by atoms with Crippen LogP contribution in [0.25, 0.3) is 17.0 Å². The number of halogens is 3. The van der Waals surface area contributed by atoms with Crippen molar-refractivity contribution in [2.24, 2.45) is 0 Å². The Morgan fingerprint density at radius 2 is 2.04 bits per heavy atom. The topological polar surface area (TPSA) is 101 Å². The van der Waals surface area contributed by atoms with Gasteiger partial charge in [-0.25, -0.2) is 17.9 Å². The summed E-state index contributed by atoms with van der Waals surface area (Å²) in [5, 5.41) is 12.2. The molecule has 11 heteroatoms. The third kappa shape index (κ3) is 3.61. The van der Waals surface area contributed by atoms with Crippen molar-refractivity contribution < 1.29 is 21.6 Å². The first-order chi connectivity index (χ1) is 12.7. The minimum atomic E-state index is -4.62. The molecule has 0 N–H and O–H groups in total. The Labute approximate surface area is 152 Å². The summed E-state index contributed by atoms with van der Waals surface area (Å²) in [6.45, 7) is 1.46. The maximum Gasteiger partial charge on any atom is 0.435 e. The Morgan fingerprint density at radius 1 is 1.30 bits per heavy atom. The molecule has 0 aromatic carbocycles. The lowest BCUT2D eigenvalue weighted by Crippen LogP contribution is -2.08. The molecule has 0 atom stereocenters. The molecule has 0 saturated heterocycles. The van der Waals surface area contributed by atoms with Gasteiger partial charge in [-0.2, -0.15) is 23.5 Å². The van der Waals surface area contributed by atoms with E-state index in [1.807, 2.05) is 6.07 Å². The van der Waals surface area contributed by atoms with Crippen LogP contribution in [0.15, 0.2) is 35.5 Å². The van der Waals surface area contributed by atoms with Gasteiger partial charge in [0.15, 0.2) is 21.2 Å². The second kappa shape index (κ2) is 6.62. The van der Waals surface area contributed by atoms with Gasteiger partial charge in [-0.3, -0.25) is 4.98 Å². The average Bonchev–Trinajstić information content (AvgIpc) is 3.05. The van der Waals surface area contributed by atoms with Gasteiger partial charge in [0, 0.05) is 18.5 Å². The van der Waals surface area contributed by atoms with Gasteiger partial charge in [-0.1, -0.05) is 6.92 Å². The molecule has 0 spiro atoms. The highest BCUT2D eigenvalue weighted by Gasteiger charge is 2.34. The van der Waals surface area contributed by atoms with Crippen molar-refractivity contribution in [2.75, 3.05) is 5.75 Å². The van der Waals surface area contributed by atoms with E-state index in [0.717, 1.165) is 10.6 Å². The summed E-state index contributed by atoms with van der Waals surface area (Å²) in [7, 11) is -3.70. The van der Waals surface area contributed by atoms with Crippen LogP contribution in [-0.4, -0.2) is 33.8 Å². The zero-order valence-electron chi connectivity index (χ0n) is 13.9. The van der Waals surface area contributed by atoms with Crippen molar-refractivity contribution in [1.82, 2.24) is 19.6 Å². The highest BCUT2D eigenvalue weighted by atomic mass is 32.2. The third-order valence-electron chi connectivity index (χ3n) is 3.77. The molecular formula is C16H12F3N5O2S. The van der Waals surface area contributed by atoms with Crippen LogP contribution >= 0.6 is 0 Å². The van der Waals surface area contributed by atoms with Crippen molar-refractivity contribution in [3.8, 4) is 17.5 Å². The van der Waals surface area contributed by atoms with Crippen LogP contribution in [-0.2, 0) is 22.4 Å². The Bertz CT molecular complexity index is 1160. The molecule has 3 rings (SSSR count). The molecule has 27 heavy (non-hydrogen) atoms. The summed E-state index contributed by atoms with van der Waals surface area (Å²) < 4.78 is 64.2. The third-order valence-corrected chi connectivity index (χ3v) is 5.51. The molecule has 0 aliphatic heterocycles. The summed E-state index contributed by atoms with van der Waals surface area (Å²) in [5.41, 5.74) is -0.686. The Balaban J connectivity index is 2.19. The lowest BCUT2D eigenvalue weighted by molar-refractivity contribution is -0.141. The van der Waals surface area contributed by atoms with Gasteiger partial charge in [0.1, 0.15) is 5.69 Å². The van der Waals surface area contributed by atoms with Crippen LogP contribution in [0, 0.1) is 11.3 Å². The van der Waals surface area contributed by atoms with E-state index in [1.165, 1.54) is 31.5 Å². The van der Waals surface area contributed by atoms with E-state index >= 15 is 0 Å². The number of rotatable bonds is 4. The van der Waals surface area contributed by atoms with E-state index in [1.54, 1.807) is 0 Å². The summed E-state index contributed by atoms with van der Waals surface area (Å²) in [4.78, 5) is 8.05. The molecule has 0 amide bonds. The molecule has 3 heterocycles. The molecule has 0 saturated carbocycles. The second-order valence-electron chi connectivity index (χ2n) is 5.57. The van der Waals surface area contributed by atoms with E-state index in [2.05, 4.69) is 15.1 Å². The van der Waals surface area contributed by atoms with E-state index in [0.29, 0.717) is 5.56 Å². The van der Waals surface area contributed by atoms with Gasteiger partial charge in [0.25, 0.3) is 0 Å². The number of pyridine rings is 1. The molecule has 7 nitrogen and oxygen atoms in total. The molecule has 0 aliphatic carbocycles. The summed E-state index contributed by atoms with van der Waals surface area (Å²) in [6, 6.07) is 5.35. The number of aromatic nitrogens is 4. The minimum Gasteiger partial charge on any atom is -0.253 e. The largest absolute Gasteiger partial charge is 0.435 e. The SMILES string of the molecule is CCS(=O)(=O)c1cc(CC#N)cnc1-c1ccn2nc(C(F)(F)F)cc2n1. The van der Waals surface area contributed by atoms with Gasteiger partial charge in [-0.05, 0) is 17.7 Å². The van der Waals surface area contributed by atoms with Crippen LogP contribution < -0.4 is 0 Å². The number of sulfone groups is 1. The summed E-state index contributed by atoms with van der Waals surface area (Å²) in [6.07, 6.45) is -2.05. The summed E-state index contributed by atoms with van der Waals surface area (Å²) in [5.74, 6) is -0.204. The number of nitriles is 1. The van der Waals surface area contributed by atoms with Gasteiger partial charge in [-0.15, -0.1) is 0 Å². The lowest BCUT2D eigenvalue weighted by Gasteiger charge is -2.09. The Hall–Kier alpha value is -3.00. The molecule has 0 unspecified atom stereocenters. The van der Waals surface area contributed by atoms with E-state index in [9.17, 15) is 21.6 Å². The lowest BCUT2D eigenvalue weighted by atomic mass is 10.2. The molecule has 0 bridgehead atoms. The van der Waals surface area contributed by atoms with Gasteiger partial charge >= 0.3 is 6.18 Å². The molecule has 0 aliphatic rings. The second-order valence-corrected chi connectivity index (χ2v) is 7.82. The predicted octanol–water partition coefficient (Wildman–Crippen LogP) is 2.67. The maximum absolute atomic E-state index is 12.8. The van der Waals surface area contributed by atoms with Gasteiger partial charge < -0.3 is 0 Å². The predicted molar refractivity (Wildman–Crippen MR) is 88.3 cm³/mol. The van der Waals surface area contributed by atoms with E-state index < -0.39 is 21.7 Å². The molecule has 3 aromatic rings. The highest BCUT2D eigenvalue weighted by Crippen LogP contribution is 2.30. The number of hydrogen-bond donors (Lipinski definition) is 0. The number of fused-ring (bicyclic) bond motifs is 1. The van der Waals surface area contributed by atoms with Crippen molar-refractivity contribution in [3.63, 3.8) is 0 Å². The first-order valence-corrected chi connectivity index (χ1v) is 9.33. The zero-order valence-corrected chi connectivity index (χ0v) is 14.7. The van der Waals surface area contributed by atoms with Crippen LogP contribution in [0.2, 0.25) is 0 Å². The van der Waals surface area contributed by atoms with Gasteiger partial charge in [0.05, 0.1) is 28.8 Å². The van der Waals surface area contributed by atoms with Crippen molar-refractivity contribution in [2.45, 2.75) is 24.4 Å². The first kappa shape index (κ1) is 18.8. The van der Waals surface area contributed by atoms with Crippen LogP contribution in [0.5, 0.6) is 0 Å². The number of nitrogens with zero attached hydrogens (tertiary/aromatic N) is 5. The van der Waals surface area contributed by atoms with Crippen LogP contribution in [0.4, 0.5) is 13.2 Å². The monoisotopic (exact) mass is 395 g/mol. The Morgan fingerprint density at radius 3 is 2.67 bits per heavy atom.